The van der Waals surface area contributed by atoms with E-state index >= 15 is 0 Å². The van der Waals surface area contributed by atoms with Gasteiger partial charge in [-0.25, -0.2) is 0 Å². The van der Waals surface area contributed by atoms with E-state index in [0.717, 1.165) is 45.7 Å². The van der Waals surface area contributed by atoms with Gasteiger partial charge in [-0.3, -0.25) is 9.69 Å². The Bertz CT molecular complexity index is 361. The molecule has 0 aromatic heterocycles. The van der Waals surface area contributed by atoms with Gasteiger partial charge < -0.3 is 15.8 Å². The standard InChI is InChI=1S/C18H35N3O2/c1-15(2)16(21-8-10-23-11-9-21)13-20-17(22)12-18(14-19)6-4-3-5-7-18/h15-16H,3-14,19H2,1-2H3,(H,20,22). The van der Waals surface area contributed by atoms with Crippen molar-refractivity contribution in [2.45, 2.75) is 58.4 Å². The highest BCUT2D eigenvalue weighted by atomic mass is 16.5. The molecule has 2 aliphatic rings. The normalized spacial score (nSPS) is 23.7. The molecule has 1 saturated carbocycles. The quantitative estimate of drug-likeness (QED) is 0.748. The molecular weight excluding hydrogens is 290 g/mol. The predicted molar refractivity (Wildman–Crippen MR) is 93.2 cm³/mol. The number of morpholine rings is 1. The molecule has 1 aliphatic heterocycles. The Labute approximate surface area is 141 Å². The van der Waals surface area contributed by atoms with Gasteiger partial charge in [-0.2, -0.15) is 0 Å². The van der Waals surface area contributed by atoms with Gasteiger partial charge in [-0.15, -0.1) is 0 Å². The maximum absolute atomic E-state index is 12.5. The summed E-state index contributed by atoms with van der Waals surface area (Å²) in [7, 11) is 0. The number of hydrogen-bond donors (Lipinski definition) is 2. The van der Waals surface area contributed by atoms with Crippen LogP contribution in [0.1, 0.15) is 52.4 Å². The van der Waals surface area contributed by atoms with Crippen LogP contribution >= 0.6 is 0 Å². The zero-order valence-electron chi connectivity index (χ0n) is 15.0. The van der Waals surface area contributed by atoms with E-state index in [4.69, 9.17) is 10.5 Å². The second kappa shape index (κ2) is 9.00. The van der Waals surface area contributed by atoms with Crippen LogP contribution in [-0.2, 0) is 9.53 Å². The topological polar surface area (TPSA) is 67.6 Å². The highest BCUT2D eigenvalue weighted by molar-refractivity contribution is 5.76. The molecule has 1 amide bonds. The molecule has 2 rings (SSSR count). The van der Waals surface area contributed by atoms with E-state index in [1.807, 2.05) is 0 Å². The van der Waals surface area contributed by atoms with Gasteiger partial charge in [-0.1, -0.05) is 33.1 Å². The minimum Gasteiger partial charge on any atom is -0.379 e. The summed E-state index contributed by atoms with van der Waals surface area (Å²) in [6.07, 6.45) is 6.52. The van der Waals surface area contributed by atoms with E-state index in [9.17, 15) is 4.79 Å². The molecule has 1 heterocycles. The molecule has 1 atom stereocenters. The van der Waals surface area contributed by atoms with Gasteiger partial charge in [-0.05, 0) is 30.7 Å². The van der Waals surface area contributed by atoms with Crippen molar-refractivity contribution in [3.63, 3.8) is 0 Å². The van der Waals surface area contributed by atoms with Crippen LogP contribution in [0, 0.1) is 11.3 Å². The number of carbonyl (C=O) groups is 1. The van der Waals surface area contributed by atoms with Gasteiger partial charge in [0, 0.05) is 32.1 Å². The van der Waals surface area contributed by atoms with E-state index in [0.29, 0.717) is 24.9 Å². The number of hydrogen-bond acceptors (Lipinski definition) is 4. The first-order chi connectivity index (χ1) is 11.1. The Morgan fingerprint density at radius 1 is 1.22 bits per heavy atom. The lowest BCUT2D eigenvalue weighted by molar-refractivity contribution is -0.124. The van der Waals surface area contributed by atoms with Crippen LogP contribution in [0.15, 0.2) is 0 Å². The largest absolute Gasteiger partial charge is 0.379 e. The molecule has 1 aliphatic carbocycles. The number of rotatable bonds is 7. The fourth-order valence-corrected chi connectivity index (χ4v) is 4.07. The third-order valence-electron chi connectivity index (χ3n) is 5.68. The fourth-order valence-electron chi connectivity index (χ4n) is 4.07. The predicted octanol–water partition coefficient (Wildman–Crippen LogP) is 1.76. The van der Waals surface area contributed by atoms with E-state index in [-0.39, 0.29) is 11.3 Å². The molecule has 0 bridgehead atoms. The second-order valence-corrected chi connectivity index (χ2v) is 7.71. The van der Waals surface area contributed by atoms with Gasteiger partial charge >= 0.3 is 0 Å². The van der Waals surface area contributed by atoms with Crippen LogP contribution < -0.4 is 11.1 Å². The average Bonchev–Trinajstić information content (AvgIpc) is 2.56. The van der Waals surface area contributed by atoms with Crippen molar-refractivity contribution in [1.29, 1.82) is 0 Å². The van der Waals surface area contributed by atoms with Crippen molar-refractivity contribution in [2.24, 2.45) is 17.1 Å². The molecule has 3 N–H and O–H groups in total. The van der Waals surface area contributed by atoms with Crippen molar-refractivity contribution in [2.75, 3.05) is 39.4 Å². The molecule has 5 nitrogen and oxygen atoms in total. The van der Waals surface area contributed by atoms with Crippen LogP contribution in [0.3, 0.4) is 0 Å². The molecule has 0 aromatic carbocycles. The average molecular weight is 325 g/mol. The lowest BCUT2D eigenvalue weighted by Gasteiger charge is -2.38. The van der Waals surface area contributed by atoms with E-state index in [1.54, 1.807) is 0 Å². The molecule has 1 saturated heterocycles. The van der Waals surface area contributed by atoms with Crippen LogP contribution in [0.5, 0.6) is 0 Å². The van der Waals surface area contributed by atoms with Crippen molar-refractivity contribution < 1.29 is 9.53 Å². The summed E-state index contributed by atoms with van der Waals surface area (Å²) in [5.41, 5.74) is 6.06. The Hall–Kier alpha value is -0.650. The van der Waals surface area contributed by atoms with Crippen molar-refractivity contribution in [3.05, 3.63) is 0 Å². The third kappa shape index (κ3) is 5.44. The Kier molecular flexibility index (Phi) is 7.31. The maximum Gasteiger partial charge on any atom is 0.220 e. The summed E-state index contributed by atoms with van der Waals surface area (Å²) < 4.78 is 5.44. The number of carbonyl (C=O) groups excluding carboxylic acids is 1. The van der Waals surface area contributed by atoms with Crippen LogP contribution in [0.4, 0.5) is 0 Å². The lowest BCUT2D eigenvalue weighted by atomic mass is 9.71. The van der Waals surface area contributed by atoms with Crippen LogP contribution in [0.25, 0.3) is 0 Å². The van der Waals surface area contributed by atoms with Gasteiger partial charge in [0.25, 0.3) is 0 Å². The van der Waals surface area contributed by atoms with E-state index in [1.165, 1.54) is 19.3 Å². The lowest BCUT2D eigenvalue weighted by Crippen LogP contribution is -2.51. The highest BCUT2D eigenvalue weighted by Crippen LogP contribution is 2.38. The number of nitrogens with zero attached hydrogens (tertiary/aromatic N) is 1. The zero-order chi connectivity index (χ0) is 16.7. The number of nitrogens with two attached hydrogens (primary N) is 1. The molecule has 5 heteroatoms. The summed E-state index contributed by atoms with van der Waals surface area (Å²) >= 11 is 0. The summed E-state index contributed by atoms with van der Waals surface area (Å²) in [6.45, 7) is 9.36. The van der Waals surface area contributed by atoms with Gasteiger partial charge in [0.15, 0.2) is 0 Å². The molecule has 0 radical (unpaired) electrons. The summed E-state index contributed by atoms with van der Waals surface area (Å²) in [6, 6.07) is 0.392. The number of ether oxygens (including phenoxy) is 1. The number of nitrogens with one attached hydrogen (secondary N) is 1. The van der Waals surface area contributed by atoms with E-state index < -0.39 is 0 Å². The molecular formula is C18H35N3O2. The Balaban J connectivity index is 1.83. The molecule has 0 spiro atoms. The van der Waals surface area contributed by atoms with Crippen molar-refractivity contribution in [1.82, 2.24) is 10.2 Å². The first-order valence-corrected chi connectivity index (χ1v) is 9.35. The Morgan fingerprint density at radius 3 is 2.43 bits per heavy atom. The third-order valence-corrected chi connectivity index (χ3v) is 5.68. The summed E-state index contributed by atoms with van der Waals surface area (Å²) in [4.78, 5) is 14.9. The fraction of sp³-hybridized carbons (Fsp3) is 0.944. The van der Waals surface area contributed by atoms with Crippen LogP contribution in [-0.4, -0.2) is 56.2 Å². The smallest absolute Gasteiger partial charge is 0.220 e. The molecule has 1 unspecified atom stereocenters. The van der Waals surface area contributed by atoms with Gasteiger partial charge in [0.2, 0.25) is 5.91 Å². The highest BCUT2D eigenvalue weighted by Gasteiger charge is 2.33. The molecule has 2 fully saturated rings. The first kappa shape index (κ1) is 18.7. The minimum atomic E-state index is 0.0502. The minimum absolute atomic E-state index is 0.0502. The summed E-state index contributed by atoms with van der Waals surface area (Å²) in [5.74, 6) is 0.697. The first-order valence-electron chi connectivity index (χ1n) is 9.35. The molecule has 23 heavy (non-hydrogen) atoms. The summed E-state index contributed by atoms with van der Waals surface area (Å²) in [5, 5.41) is 3.19. The van der Waals surface area contributed by atoms with Gasteiger partial charge in [0.05, 0.1) is 13.2 Å². The monoisotopic (exact) mass is 325 g/mol. The van der Waals surface area contributed by atoms with Crippen LogP contribution in [0.2, 0.25) is 0 Å². The van der Waals surface area contributed by atoms with Gasteiger partial charge in [0.1, 0.15) is 0 Å². The van der Waals surface area contributed by atoms with Crippen molar-refractivity contribution in [3.8, 4) is 0 Å². The maximum atomic E-state index is 12.5. The molecule has 0 aromatic rings. The SMILES string of the molecule is CC(C)C(CNC(=O)CC1(CN)CCCCC1)N1CCOCC1. The Morgan fingerprint density at radius 2 is 1.87 bits per heavy atom. The van der Waals surface area contributed by atoms with Crippen molar-refractivity contribution >= 4 is 5.91 Å². The molecule has 134 valence electrons. The number of amides is 1. The second-order valence-electron chi connectivity index (χ2n) is 7.71. The zero-order valence-corrected chi connectivity index (χ0v) is 15.0. The van der Waals surface area contributed by atoms with E-state index in [2.05, 4.69) is 24.1 Å².